The molecule has 21 heavy (non-hydrogen) atoms. The largest absolute Gasteiger partial charge is 0.389 e. The molecule has 0 amide bonds. The van der Waals surface area contributed by atoms with Crippen molar-refractivity contribution in [2.45, 2.75) is 20.2 Å². The Labute approximate surface area is 132 Å². The van der Waals surface area contributed by atoms with Gasteiger partial charge >= 0.3 is 0 Å². The fourth-order valence-electron chi connectivity index (χ4n) is 1.58. The maximum atomic E-state index is 11.5. The van der Waals surface area contributed by atoms with Gasteiger partial charge in [0.05, 0.1) is 21.7 Å². The van der Waals surface area contributed by atoms with Gasteiger partial charge in [-0.25, -0.2) is 13.4 Å². The number of thiazole rings is 1. The molecule has 6 nitrogen and oxygen atoms in total. The number of fused-ring (bicyclic) bond motifs is 1. The molecule has 0 aliphatic rings. The zero-order valence-electron chi connectivity index (χ0n) is 10.7. The monoisotopic (exact) mass is 359 g/mol. The van der Waals surface area contributed by atoms with Crippen LogP contribution in [0.1, 0.15) is 5.01 Å². The van der Waals surface area contributed by atoms with Gasteiger partial charge in [0.2, 0.25) is 0 Å². The molecular weight excluding hydrogens is 350 g/mol. The van der Waals surface area contributed by atoms with Crippen LogP contribution in [0.5, 0.6) is 0 Å². The van der Waals surface area contributed by atoms with Crippen LogP contribution in [0.3, 0.4) is 0 Å². The smallest absolute Gasteiger partial charge is 0.181 e. The lowest BCUT2D eigenvalue weighted by Crippen LogP contribution is -1.95. The van der Waals surface area contributed by atoms with Crippen molar-refractivity contribution in [3.63, 3.8) is 0 Å². The minimum absolute atomic E-state index is 0.129. The second-order valence-corrected chi connectivity index (χ2v) is 9.71. The van der Waals surface area contributed by atoms with E-state index in [-0.39, 0.29) is 11.5 Å². The molecule has 0 unspecified atom stereocenters. The summed E-state index contributed by atoms with van der Waals surface area (Å²) >= 11 is 4.06. The summed E-state index contributed by atoms with van der Waals surface area (Å²) in [6.07, 6.45) is 1.18. The second-order valence-electron chi connectivity index (χ2n) is 4.10. The van der Waals surface area contributed by atoms with Crippen molar-refractivity contribution in [1.82, 2.24) is 15.2 Å². The Balaban J connectivity index is 1.93. The zero-order valence-corrected chi connectivity index (χ0v) is 13.9. The van der Waals surface area contributed by atoms with Crippen molar-refractivity contribution >= 4 is 54.5 Å². The fraction of sp³-hybridized carbons (Fsp3) is 0.182. The van der Waals surface area contributed by atoms with E-state index in [1.807, 2.05) is 0 Å². The van der Waals surface area contributed by atoms with E-state index >= 15 is 0 Å². The highest BCUT2D eigenvalue weighted by atomic mass is 32.2. The van der Waals surface area contributed by atoms with Gasteiger partial charge in [-0.3, -0.25) is 0 Å². The van der Waals surface area contributed by atoms with Gasteiger partial charge in [-0.1, -0.05) is 11.3 Å². The first-order valence-corrected chi connectivity index (χ1v) is 10.0. The highest BCUT2D eigenvalue weighted by molar-refractivity contribution is 8.02. The van der Waals surface area contributed by atoms with E-state index in [1.165, 1.54) is 40.7 Å². The number of nitrogens with zero attached hydrogens (tertiary/aromatic N) is 3. The lowest BCUT2D eigenvalue weighted by atomic mass is 10.3. The highest BCUT2D eigenvalue weighted by Gasteiger charge is 2.13. The van der Waals surface area contributed by atoms with E-state index in [9.17, 15) is 8.42 Å². The van der Waals surface area contributed by atoms with Gasteiger partial charge in [-0.2, -0.15) is 0 Å². The van der Waals surface area contributed by atoms with Crippen molar-refractivity contribution in [1.29, 1.82) is 0 Å². The van der Waals surface area contributed by atoms with Gasteiger partial charge in [-0.15, -0.1) is 21.5 Å². The van der Waals surface area contributed by atoms with Gasteiger partial charge < -0.3 is 5.11 Å². The van der Waals surface area contributed by atoms with Crippen LogP contribution in [0, 0.1) is 0 Å². The molecule has 0 saturated heterocycles. The molecule has 10 heteroatoms. The predicted octanol–water partition coefficient (Wildman–Crippen LogP) is 2.19. The average molecular weight is 359 g/mol. The third-order valence-corrected chi connectivity index (χ3v) is 6.67. The van der Waals surface area contributed by atoms with Crippen LogP contribution < -0.4 is 0 Å². The molecule has 1 N–H and O–H groups in total. The molecule has 0 spiro atoms. The van der Waals surface area contributed by atoms with E-state index in [2.05, 4.69) is 15.2 Å². The Morgan fingerprint density at radius 2 is 2.05 bits per heavy atom. The number of aliphatic hydroxyl groups is 1. The van der Waals surface area contributed by atoms with Crippen molar-refractivity contribution < 1.29 is 13.5 Å². The van der Waals surface area contributed by atoms with Crippen LogP contribution in [-0.2, 0) is 16.4 Å². The molecule has 2 heterocycles. The van der Waals surface area contributed by atoms with Gasteiger partial charge in [0.25, 0.3) is 0 Å². The standard InChI is InChI=1S/C11H9N3O3S4/c1-21(16,17)6-2-3-7-8(4-6)18-10(12-7)20-11-14-13-9(5-15)19-11/h2-4,15H,5H2,1H3. The first-order valence-electron chi connectivity index (χ1n) is 5.67. The zero-order chi connectivity index (χ0) is 15.0. The molecule has 110 valence electrons. The topological polar surface area (TPSA) is 93.0 Å². The van der Waals surface area contributed by atoms with Crippen LogP contribution in [0.15, 0.2) is 31.8 Å². The van der Waals surface area contributed by atoms with Crippen molar-refractivity contribution in [2.75, 3.05) is 6.26 Å². The van der Waals surface area contributed by atoms with Crippen LogP contribution >= 0.6 is 34.4 Å². The van der Waals surface area contributed by atoms with Crippen LogP contribution in [-0.4, -0.2) is 35.0 Å². The normalized spacial score (nSPS) is 12.1. The van der Waals surface area contributed by atoms with Crippen molar-refractivity contribution in [3.05, 3.63) is 23.2 Å². The molecule has 0 saturated carbocycles. The summed E-state index contributed by atoms with van der Waals surface area (Å²) < 4.78 is 25.4. The number of aliphatic hydroxyl groups excluding tert-OH is 1. The Morgan fingerprint density at radius 3 is 2.71 bits per heavy atom. The SMILES string of the molecule is CS(=O)(=O)c1ccc2nc(Sc3nnc(CO)s3)sc2c1. The van der Waals surface area contributed by atoms with Crippen molar-refractivity contribution in [2.24, 2.45) is 0 Å². The number of hydrogen-bond acceptors (Lipinski definition) is 9. The molecule has 2 aromatic heterocycles. The molecule has 0 aliphatic carbocycles. The minimum atomic E-state index is -3.22. The summed E-state index contributed by atoms with van der Waals surface area (Å²) in [4.78, 5) is 4.72. The third-order valence-electron chi connectivity index (χ3n) is 2.53. The number of aromatic nitrogens is 3. The lowest BCUT2D eigenvalue weighted by Gasteiger charge is -1.96. The van der Waals surface area contributed by atoms with Gasteiger partial charge in [-0.05, 0) is 30.0 Å². The van der Waals surface area contributed by atoms with E-state index in [4.69, 9.17) is 5.11 Å². The van der Waals surface area contributed by atoms with E-state index < -0.39 is 9.84 Å². The predicted molar refractivity (Wildman–Crippen MR) is 82.7 cm³/mol. The molecular formula is C11H9N3O3S4. The number of sulfone groups is 1. The van der Waals surface area contributed by atoms with Crippen LogP contribution in [0.2, 0.25) is 0 Å². The summed E-state index contributed by atoms with van der Waals surface area (Å²) in [7, 11) is -3.22. The summed E-state index contributed by atoms with van der Waals surface area (Å²) in [6.45, 7) is -0.129. The van der Waals surface area contributed by atoms with E-state index in [0.717, 1.165) is 14.6 Å². The summed E-state index contributed by atoms with van der Waals surface area (Å²) in [5, 5.41) is 17.3. The summed E-state index contributed by atoms with van der Waals surface area (Å²) in [5.74, 6) is 0. The maximum Gasteiger partial charge on any atom is 0.181 e. The molecule has 1 aromatic carbocycles. The molecule has 0 bridgehead atoms. The molecule has 0 fully saturated rings. The molecule has 0 radical (unpaired) electrons. The quantitative estimate of drug-likeness (QED) is 0.763. The van der Waals surface area contributed by atoms with Gasteiger partial charge in [0, 0.05) is 6.26 Å². The molecule has 0 aliphatic heterocycles. The highest BCUT2D eigenvalue weighted by Crippen LogP contribution is 2.36. The molecule has 3 aromatic rings. The Hall–Kier alpha value is -1.07. The Kier molecular flexibility index (Phi) is 3.97. The van der Waals surface area contributed by atoms with Crippen molar-refractivity contribution in [3.8, 4) is 0 Å². The lowest BCUT2D eigenvalue weighted by molar-refractivity contribution is 0.280. The summed E-state index contributed by atoms with van der Waals surface area (Å²) in [5.41, 5.74) is 0.752. The van der Waals surface area contributed by atoms with Crippen LogP contribution in [0.25, 0.3) is 10.2 Å². The average Bonchev–Trinajstić information content (AvgIpc) is 3.02. The summed E-state index contributed by atoms with van der Waals surface area (Å²) in [6, 6.07) is 4.89. The number of hydrogen-bond donors (Lipinski definition) is 1. The first-order chi connectivity index (χ1) is 9.95. The minimum Gasteiger partial charge on any atom is -0.389 e. The van der Waals surface area contributed by atoms with Crippen LogP contribution in [0.4, 0.5) is 0 Å². The molecule has 3 rings (SSSR count). The fourth-order valence-corrected chi connectivity index (χ4v) is 5.36. The number of rotatable bonds is 4. The molecule has 0 atom stereocenters. The van der Waals surface area contributed by atoms with Gasteiger partial charge in [0.15, 0.2) is 18.5 Å². The Morgan fingerprint density at radius 1 is 1.24 bits per heavy atom. The Bertz CT molecular complexity index is 900. The second kappa shape index (κ2) is 5.61. The number of benzene rings is 1. The third kappa shape index (κ3) is 3.24. The first kappa shape index (κ1) is 14.9. The van der Waals surface area contributed by atoms with Gasteiger partial charge in [0.1, 0.15) is 5.01 Å². The maximum absolute atomic E-state index is 11.5. The van der Waals surface area contributed by atoms with E-state index in [0.29, 0.717) is 9.35 Å². The van der Waals surface area contributed by atoms with E-state index in [1.54, 1.807) is 18.2 Å².